The second kappa shape index (κ2) is 9.61. The Morgan fingerprint density at radius 1 is 1.27 bits per heavy atom. The van der Waals surface area contributed by atoms with Crippen LogP contribution in [0.15, 0.2) is 60.4 Å². The fourth-order valence-electron chi connectivity index (χ4n) is 2.58. The van der Waals surface area contributed by atoms with E-state index in [-0.39, 0.29) is 12.5 Å². The highest BCUT2D eigenvalue weighted by Gasteiger charge is 2.06. The number of aliphatic imine (C=N–C) groups is 1. The fourth-order valence-corrected chi connectivity index (χ4v) is 3.44. The lowest BCUT2D eigenvalue weighted by atomic mass is 10.2. The van der Waals surface area contributed by atoms with Gasteiger partial charge in [-0.25, -0.2) is 19.6 Å². The van der Waals surface area contributed by atoms with Crippen molar-refractivity contribution in [2.24, 2.45) is 10.7 Å². The van der Waals surface area contributed by atoms with Crippen LogP contribution in [0.4, 0.5) is 11.4 Å². The van der Waals surface area contributed by atoms with Gasteiger partial charge < -0.3 is 16.4 Å². The third-order valence-electron chi connectivity index (χ3n) is 3.88. The van der Waals surface area contributed by atoms with Gasteiger partial charge in [-0.3, -0.25) is 4.79 Å². The predicted octanol–water partition coefficient (Wildman–Crippen LogP) is 2.94. The topological polar surface area (TPSA) is 123 Å². The maximum atomic E-state index is 12.0. The molecule has 1 aromatic carbocycles. The van der Waals surface area contributed by atoms with Crippen LogP contribution in [0.25, 0.3) is 5.70 Å². The zero-order valence-corrected chi connectivity index (χ0v) is 17.5. The van der Waals surface area contributed by atoms with Crippen LogP contribution >= 0.6 is 11.3 Å². The average Bonchev–Trinajstić information content (AvgIpc) is 3.32. The minimum absolute atomic E-state index is 0.1000. The zero-order valence-electron chi connectivity index (χ0n) is 16.7. The molecule has 4 N–H and O–H groups in total. The van der Waals surface area contributed by atoms with Gasteiger partial charge in [0.15, 0.2) is 0 Å². The lowest BCUT2D eigenvalue weighted by Gasteiger charge is -2.08. The van der Waals surface area contributed by atoms with Crippen LogP contribution in [-0.2, 0) is 11.3 Å². The molecule has 0 bridgehead atoms. The molecule has 0 aliphatic heterocycles. The van der Waals surface area contributed by atoms with Gasteiger partial charge in [-0.05, 0) is 44.2 Å². The number of carbonyl (C=O) groups is 1. The molecular weight excluding hydrogens is 400 g/mol. The van der Waals surface area contributed by atoms with Gasteiger partial charge in [-0.2, -0.15) is 5.10 Å². The average molecular weight is 423 g/mol. The third-order valence-corrected chi connectivity index (χ3v) is 5.00. The summed E-state index contributed by atoms with van der Waals surface area (Å²) in [5.41, 5.74) is 9.07. The van der Waals surface area contributed by atoms with E-state index in [2.05, 4.69) is 37.3 Å². The summed E-state index contributed by atoms with van der Waals surface area (Å²) in [5.74, 6) is 0.269. The van der Waals surface area contributed by atoms with Gasteiger partial charge in [0, 0.05) is 17.6 Å². The molecule has 30 heavy (non-hydrogen) atoms. The molecule has 0 saturated carbocycles. The number of nitrogens with one attached hydrogen (secondary N) is 2. The summed E-state index contributed by atoms with van der Waals surface area (Å²) >= 11 is 1.55. The summed E-state index contributed by atoms with van der Waals surface area (Å²) in [5, 5.41) is 10.7. The minimum Gasteiger partial charge on any atom is -0.397 e. The number of nitrogens with zero attached hydrogens (tertiary/aromatic N) is 5. The van der Waals surface area contributed by atoms with Crippen LogP contribution in [0.2, 0.25) is 0 Å². The molecule has 0 saturated heterocycles. The first-order valence-corrected chi connectivity index (χ1v) is 9.85. The SMILES string of the molecule is C=C(N=C/C=C(\N)c1sc(C)nc1C)Nc1ccc(NC(=O)Cn2cncn2)cc1. The number of anilines is 2. The van der Waals surface area contributed by atoms with E-state index < -0.39 is 0 Å². The van der Waals surface area contributed by atoms with Crippen molar-refractivity contribution in [2.45, 2.75) is 20.4 Å². The zero-order chi connectivity index (χ0) is 21.5. The molecule has 0 radical (unpaired) electrons. The van der Waals surface area contributed by atoms with Crippen LogP contribution < -0.4 is 16.4 Å². The number of hydrogen-bond donors (Lipinski definition) is 3. The summed E-state index contributed by atoms with van der Waals surface area (Å²) in [6.45, 7) is 7.85. The van der Waals surface area contributed by atoms with E-state index in [4.69, 9.17) is 5.73 Å². The van der Waals surface area contributed by atoms with Crippen molar-refractivity contribution in [1.82, 2.24) is 19.7 Å². The summed E-state index contributed by atoms with van der Waals surface area (Å²) in [6, 6.07) is 7.20. The fraction of sp³-hybridized carbons (Fsp3) is 0.150. The van der Waals surface area contributed by atoms with Gasteiger partial charge in [-0.1, -0.05) is 6.58 Å². The van der Waals surface area contributed by atoms with Crippen LogP contribution in [0, 0.1) is 13.8 Å². The van der Waals surface area contributed by atoms with Crippen molar-refractivity contribution in [1.29, 1.82) is 0 Å². The molecule has 0 unspecified atom stereocenters. The Balaban J connectivity index is 1.51. The van der Waals surface area contributed by atoms with E-state index in [1.807, 2.05) is 26.0 Å². The Hall–Kier alpha value is -3.79. The van der Waals surface area contributed by atoms with Crippen LogP contribution in [0.5, 0.6) is 0 Å². The first-order valence-electron chi connectivity index (χ1n) is 9.03. The Kier molecular flexibility index (Phi) is 6.71. The number of aromatic nitrogens is 4. The first-order chi connectivity index (χ1) is 14.4. The first kappa shape index (κ1) is 20.9. The molecule has 0 atom stereocenters. The van der Waals surface area contributed by atoms with Crippen LogP contribution in [0.1, 0.15) is 15.6 Å². The number of carbonyl (C=O) groups excluding carboxylic acids is 1. The van der Waals surface area contributed by atoms with E-state index in [0.29, 0.717) is 17.2 Å². The van der Waals surface area contributed by atoms with Gasteiger partial charge in [0.2, 0.25) is 5.91 Å². The number of benzene rings is 1. The Bertz CT molecular complexity index is 1080. The summed E-state index contributed by atoms with van der Waals surface area (Å²) in [6.07, 6.45) is 6.19. The second-order valence-electron chi connectivity index (χ2n) is 6.34. The Labute approximate surface area is 178 Å². The van der Waals surface area contributed by atoms with Crippen LogP contribution in [0.3, 0.4) is 0 Å². The maximum absolute atomic E-state index is 12.0. The molecular formula is C20H22N8OS. The molecule has 3 aromatic rings. The standard InChI is InChI=1S/C20H22N8OS/c1-13-20(30-15(3)25-13)18(21)8-9-23-14(2)26-16-4-6-17(7-5-16)27-19(29)10-28-12-22-11-24-28/h4-9,11-12,26H,2,10,21H2,1,3H3,(H,27,29)/b18-8-,23-9?. The highest BCUT2D eigenvalue weighted by atomic mass is 32.1. The van der Waals surface area contributed by atoms with Gasteiger partial charge in [0.25, 0.3) is 0 Å². The van der Waals surface area contributed by atoms with E-state index in [1.165, 1.54) is 17.3 Å². The summed E-state index contributed by atoms with van der Waals surface area (Å²) < 4.78 is 1.45. The number of aryl methyl sites for hydroxylation is 2. The lowest BCUT2D eigenvalue weighted by Crippen LogP contribution is -2.18. The molecule has 9 nitrogen and oxygen atoms in total. The molecule has 2 heterocycles. The predicted molar refractivity (Wildman–Crippen MR) is 120 cm³/mol. The van der Waals surface area contributed by atoms with Crippen molar-refractivity contribution >= 4 is 40.5 Å². The van der Waals surface area contributed by atoms with Crippen LogP contribution in [-0.4, -0.2) is 31.9 Å². The molecule has 154 valence electrons. The molecule has 0 fully saturated rings. The van der Waals surface area contributed by atoms with Crippen molar-refractivity contribution < 1.29 is 4.79 Å². The second-order valence-corrected chi connectivity index (χ2v) is 7.54. The van der Waals surface area contributed by atoms with E-state index >= 15 is 0 Å². The number of rotatable bonds is 8. The molecule has 2 aromatic heterocycles. The highest BCUT2D eigenvalue weighted by Crippen LogP contribution is 2.22. The van der Waals surface area contributed by atoms with Crippen molar-refractivity contribution in [3.63, 3.8) is 0 Å². The number of hydrogen-bond acceptors (Lipinski definition) is 8. The van der Waals surface area contributed by atoms with Gasteiger partial charge in [0.1, 0.15) is 25.0 Å². The normalized spacial score (nSPS) is 11.6. The van der Waals surface area contributed by atoms with Crippen molar-refractivity contribution in [2.75, 3.05) is 10.6 Å². The molecule has 0 spiro atoms. The summed E-state index contributed by atoms with van der Waals surface area (Å²) in [4.78, 5) is 25.3. The number of thiazole rings is 1. The quantitative estimate of drug-likeness (QED) is 0.480. The number of nitrogens with two attached hydrogens (primary N) is 1. The van der Waals surface area contributed by atoms with Gasteiger partial charge >= 0.3 is 0 Å². The van der Waals surface area contributed by atoms with Gasteiger partial charge in [-0.15, -0.1) is 11.3 Å². The van der Waals surface area contributed by atoms with E-state index in [9.17, 15) is 4.79 Å². The molecule has 3 rings (SSSR count). The molecule has 10 heteroatoms. The summed E-state index contributed by atoms with van der Waals surface area (Å²) in [7, 11) is 0. The highest BCUT2D eigenvalue weighted by molar-refractivity contribution is 7.12. The Morgan fingerprint density at radius 3 is 2.57 bits per heavy atom. The maximum Gasteiger partial charge on any atom is 0.246 e. The molecule has 1 amide bonds. The number of allylic oxidation sites excluding steroid dienone is 1. The Morgan fingerprint density at radius 2 is 1.97 bits per heavy atom. The van der Waals surface area contributed by atoms with Crippen molar-refractivity contribution in [3.05, 3.63) is 71.0 Å². The number of amides is 1. The largest absolute Gasteiger partial charge is 0.397 e. The van der Waals surface area contributed by atoms with Gasteiger partial charge in [0.05, 0.1) is 21.3 Å². The minimum atomic E-state index is -0.189. The lowest BCUT2D eigenvalue weighted by molar-refractivity contribution is -0.116. The van der Waals surface area contributed by atoms with Crippen molar-refractivity contribution in [3.8, 4) is 0 Å². The van der Waals surface area contributed by atoms with E-state index in [1.54, 1.807) is 35.8 Å². The third kappa shape index (κ3) is 5.85. The monoisotopic (exact) mass is 422 g/mol. The molecule has 0 aliphatic rings. The molecule has 0 aliphatic carbocycles. The van der Waals surface area contributed by atoms with E-state index in [0.717, 1.165) is 21.3 Å². The smallest absolute Gasteiger partial charge is 0.246 e.